The molecule has 156 valence electrons. The van der Waals surface area contributed by atoms with Crippen molar-refractivity contribution in [1.29, 1.82) is 0 Å². The Hall–Kier alpha value is -2.09. The number of aliphatic hydroxyl groups excluding tert-OH is 1. The van der Waals surface area contributed by atoms with Gasteiger partial charge in [-0.1, -0.05) is 18.7 Å². The van der Waals surface area contributed by atoms with Crippen LogP contribution in [0.2, 0.25) is 0 Å². The number of nitrogens with one attached hydrogen (secondary N) is 1. The highest BCUT2D eigenvalue weighted by Crippen LogP contribution is 2.14. The number of nitrogens with zero attached hydrogens (tertiary/aromatic N) is 1. The van der Waals surface area contributed by atoms with Crippen molar-refractivity contribution in [1.82, 2.24) is 10.2 Å². The Morgan fingerprint density at radius 2 is 2.00 bits per heavy atom. The Morgan fingerprint density at radius 3 is 2.61 bits per heavy atom. The van der Waals surface area contributed by atoms with Gasteiger partial charge in [-0.05, 0) is 43.9 Å². The first-order valence-corrected chi connectivity index (χ1v) is 9.72. The van der Waals surface area contributed by atoms with E-state index < -0.39 is 6.10 Å². The third kappa shape index (κ3) is 7.88. The molecular weight excluding hydrogens is 360 g/mol. The summed E-state index contributed by atoms with van der Waals surface area (Å²) in [5.41, 5.74) is 1.19. The van der Waals surface area contributed by atoms with Crippen LogP contribution in [-0.2, 0) is 15.9 Å². The third-order valence-corrected chi connectivity index (χ3v) is 4.62. The minimum absolute atomic E-state index is 0.230. The van der Waals surface area contributed by atoms with Crippen LogP contribution >= 0.6 is 0 Å². The maximum atomic E-state index is 11.8. The highest BCUT2D eigenvalue weighted by Gasteiger charge is 2.24. The van der Waals surface area contributed by atoms with Gasteiger partial charge in [0, 0.05) is 32.8 Å². The fourth-order valence-electron chi connectivity index (χ4n) is 3.01. The topological polar surface area (TPSA) is 80.3 Å². The lowest BCUT2D eigenvalue weighted by atomic mass is 10.1. The van der Waals surface area contributed by atoms with E-state index in [1.807, 2.05) is 24.3 Å². The summed E-state index contributed by atoms with van der Waals surface area (Å²) in [6, 6.07) is 8.09. The molecular formula is C21H32N2O5. The molecule has 0 unspecified atom stereocenters. The molecule has 1 atom stereocenters. The number of piperidine rings is 1. The molecule has 7 heteroatoms. The molecule has 1 amide bonds. The normalized spacial score (nSPS) is 15.9. The molecule has 0 saturated carbocycles. The van der Waals surface area contributed by atoms with Crippen molar-refractivity contribution in [3.63, 3.8) is 0 Å². The standard InChI is InChI=1S/C21H32N2O5/c1-16(2)28-21(25)23-11-8-18(9-12-23)22-14-19(24)15-27-20-6-4-17(5-7-20)10-13-26-3/h4-7,18-19,22,24H,1,8-15H2,2-3H3/t19-/m0/s1. The summed E-state index contributed by atoms with van der Waals surface area (Å²) in [7, 11) is 1.69. The maximum Gasteiger partial charge on any atom is 0.414 e. The third-order valence-electron chi connectivity index (χ3n) is 4.62. The van der Waals surface area contributed by atoms with E-state index in [0.29, 0.717) is 32.0 Å². The SMILES string of the molecule is C=C(C)OC(=O)N1CCC(NC[C@H](O)COc2ccc(CCOC)cc2)CC1. The van der Waals surface area contributed by atoms with Gasteiger partial charge in [0.1, 0.15) is 18.5 Å². The van der Waals surface area contributed by atoms with E-state index in [9.17, 15) is 9.90 Å². The molecule has 1 aromatic carbocycles. The Balaban J connectivity index is 1.62. The number of amides is 1. The zero-order chi connectivity index (χ0) is 20.4. The van der Waals surface area contributed by atoms with Crippen LogP contribution in [0.3, 0.4) is 0 Å². The lowest BCUT2D eigenvalue weighted by Crippen LogP contribution is -2.47. The van der Waals surface area contributed by atoms with Crippen LogP contribution < -0.4 is 10.1 Å². The highest BCUT2D eigenvalue weighted by atomic mass is 16.6. The van der Waals surface area contributed by atoms with Crippen molar-refractivity contribution in [3.05, 3.63) is 42.2 Å². The van der Waals surface area contributed by atoms with Crippen molar-refractivity contribution in [2.24, 2.45) is 0 Å². The molecule has 1 saturated heterocycles. The molecule has 1 heterocycles. The molecule has 28 heavy (non-hydrogen) atoms. The van der Waals surface area contributed by atoms with Gasteiger partial charge in [-0.3, -0.25) is 0 Å². The first-order valence-electron chi connectivity index (χ1n) is 9.72. The van der Waals surface area contributed by atoms with E-state index >= 15 is 0 Å². The Labute approximate surface area is 167 Å². The van der Waals surface area contributed by atoms with Crippen LogP contribution in [0.25, 0.3) is 0 Å². The minimum atomic E-state index is -0.598. The van der Waals surface area contributed by atoms with Gasteiger partial charge >= 0.3 is 6.09 Å². The Kier molecular flexibility index (Phi) is 9.27. The molecule has 0 aliphatic carbocycles. The van der Waals surface area contributed by atoms with Gasteiger partial charge in [-0.2, -0.15) is 0 Å². The Morgan fingerprint density at radius 1 is 1.32 bits per heavy atom. The molecule has 0 spiro atoms. The van der Waals surface area contributed by atoms with Gasteiger partial charge in [0.25, 0.3) is 0 Å². The largest absolute Gasteiger partial charge is 0.491 e. The Bertz CT molecular complexity index is 612. The van der Waals surface area contributed by atoms with Gasteiger partial charge in [0.05, 0.1) is 12.4 Å². The summed E-state index contributed by atoms with van der Waals surface area (Å²) >= 11 is 0. The molecule has 1 fully saturated rings. The molecule has 2 N–H and O–H groups in total. The number of allylic oxidation sites excluding steroid dienone is 1. The molecule has 1 aromatic rings. The van der Waals surface area contributed by atoms with E-state index in [2.05, 4.69) is 11.9 Å². The number of aliphatic hydroxyl groups is 1. The van der Waals surface area contributed by atoms with Gasteiger partial charge in [-0.15, -0.1) is 0 Å². The fourth-order valence-corrected chi connectivity index (χ4v) is 3.01. The average Bonchev–Trinajstić information content (AvgIpc) is 2.69. The van der Waals surface area contributed by atoms with E-state index in [1.54, 1.807) is 18.9 Å². The number of likely N-dealkylation sites (tertiary alicyclic amines) is 1. The molecule has 7 nitrogen and oxygen atoms in total. The average molecular weight is 392 g/mol. The van der Waals surface area contributed by atoms with E-state index in [4.69, 9.17) is 14.2 Å². The summed E-state index contributed by atoms with van der Waals surface area (Å²) in [5, 5.41) is 13.5. The van der Waals surface area contributed by atoms with Gasteiger partial charge in [0.2, 0.25) is 0 Å². The molecule has 0 bridgehead atoms. The van der Waals surface area contributed by atoms with Crippen molar-refractivity contribution in [3.8, 4) is 5.75 Å². The van der Waals surface area contributed by atoms with E-state index in [1.165, 1.54) is 5.56 Å². The second kappa shape index (κ2) is 11.7. The van der Waals surface area contributed by atoms with Crippen LogP contribution in [-0.4, -0.2) is 68.2 Å². The lowest BCUT2D eigenvalue weighted by Gasteiger charge is -2.32. The van der Waals surface area contributed by atoms with Crippen molar-refractivity contribution >= 4 is 6.09 Å². The van der Waals surface area contributed by atoms with Crippen molar-refractivity contribution in [2.45, 2.75) is 38.3 Å². The second-order valence-electron chi connectivity index (χ2n) is 7.09. The number of methoxy groups -OCH3 is 1. The number of rotatable bonds is 10. The molecule has 0 aromatic heterocycles. The summed E-state index contributed by atoms with van der Waals surface area (Å²) in [6.45, 7) is 7.88. The summed E-state index contributed by atoms with van der Waals surface area (Å²) in [5.74, 6) is 1.14. The fraction of sp³-hybridized carbons (Fsp3) is 0.571. The van der Waals surface area contributed by atoms with Crippen LogP contribution in [0.5, 0.6) is 5.75 Å². The smallest absolute Gasteiger partial charge is 0.414 e. The number of hydrogen-bond donors (Lipinski definition) is 2. The number of benzene rings is 1. The van der Waals surface area contributed by atoms with Gasteiger partial charge in [0.15, 0.2) is 0 Å². The summed E-state index contributed by atoms with van der Waals surface area (Å²) < 4.78 is 15.8. The maximum absolute atomic E-state index is 11.8. The summed E-state index contributed by atoms with van der Waals surface area (Å²) in [4.78, 5) is 13.5. The number of ether oxygens (including phenoxy) is 3. The van der Waals surface area contributed by atoms with Crippen LogP contribution in [0.15, 0.2) is 36.6 Å². The molecule has 0 radical (unpaired) electrons. The quantitative estimate of drug-likeness (QED) is 0.595. The van der Waals surface area contributed by atoms with Gasteiger partial charge in [-0.25, -0.2) is 4.79 Å². The second-order valence-corrected chi connectivity index (χ2v) is 7.09. The molecule has 1 aliphatic rings. The van der Waals surface area contributed by atoms with Gasteiger partial charge < -0.3 is 29.5 Å². The number of carbonyl (C=O) groups excluding carboxylic acids is 1. The monoisotopic (exact) mass is 392 g/mol. The minimum Gasteiger partial charge on any atom is -0.491 e. The zero-order valence-electron chi connectivity index (χ0n) is 16.9. The first-order chi connectivity index (χ1) is 13.5. The van der Waals surface area contributed by atoms with Crippen molar-refractivity contribution < 1.29 is 24.1 Å². The number of hydrogen-bond acceptors (Lipinski definition) is 6. The van der Waals surface area contributed by atoms with Crippen LogP contribution in [0, 0.1) is 0 Å². The lowest BCUT2D eigenvalue weighted by molar-refractivity contribution is 0.0937. The van der Waals surface area contributed by atoms with E-state index in [0.717, 1.165) is 25.0 Å². The predicted octanol–water partition coefficient (Wildman–Crippen LogP) is 2.34. The first kappa shape index (κ1) is 22.2. The molecule has 2 rings (SSSR count). The van der Waals surface area contributed by atoms with Crippen molar-refractivity contribution in [2.75, 3.05) is 40.0 Å². The highest BCUT2D eigenvalue weighted by molar-refractivity contribution is 5.68. The van der Waals surface area contributed by atoms with Crippen LogP contribution in [0.4, 0.5) is 4.79 Å². The van der Waals surface area contributed by atoms with Crippen LogP contribution in [0.1, 0.15) is 25.3 Å². The summed E-state index contributed by atoms with van der Waals surface area (Å²) in [6.07, 6.45) is 1.57. The molecule has 1 aliphatic heterocycles. The number of carbonyl (C=O) groups is 1. The zero-order valence-corrected chi connectivity index (χ0v) is 16.9. The predicted molar refractivity (Wildman–Crippen MR) is 107 cm³/mol. The van der Waals surface area contributed by atoms with E-state index in [-0.39, 0.29) is 18.7 Å².